The second kappa shape index (κ2) is 10.9. The highest BCUT2D eigenvalue weighted by molar-refractivity contribution is 7.92. The van der Waals surface area contributed by atoms with Crippen LogP contribution >= 0.6 is 23.2 Å². The number of alkyl halides is 3. The second-order valence-corrected chi connectivity index (χ2v) is 10.5. The van der Waals surface area contributed by atoms with Gasteiger partial charge >= 0.3 is 6.18 Å². The van der Waals surface area contributed by atoms with Gasteiger partial charge in [-0.25, -0.2) is 8.42 Å². The highest BCUT2D eigenvalue weighted by Crippen LogP contribution is 2.37. The minimum atomic E-state index is -4.74. The van der Waals surface area contributed by atoms with Crippen LogP contribution in [0.4, 0.5) is 18.9 Å². The first kappa shape index (κ1) is 26.8. The minimum Gasteiger partial charge on any atom is -0.352 e. The number of hydrogen-bond donors (Lipinski definition) is 1. The lowest BCUT2D eigenvalue weighted by molar-refractivity contribution is -0.137. The van der Waals surface area contributed by atoms with Crippen molar-refractivity contribution in [2.24, 2.45) is 0 Å². The zero-order valence-electron chi connectivity index (χ0n) is 18.4. The number of carbonyl (C=O) groups excluding carboxylic acids is 1. The SMILES string of the molecule is CS(=O)(=O)N(Cc1ccc(C(=O)NCCc2ccc(Cl)cc2)cc1)c1ccc(Cl)c(C(F)(F)F)c1. The molecule has 11 heteroatoms. The molecule has 3 aromatic rings. The van der Waals surface area contributed by atoms with Crippen LogP contribution in [0, 0.1) is 0 Å². The molecular formula is C24H21Cl2F3N2O3S. The van der Waals surface area contributed by atoms with Crippen LogP contribution in [-0.4, -0.2) is 27.1 Å². The van der Waals surface area contributed by atoms with E-state index in [0.29, 0.717) is 35.2 Å². The van der Waals surface area contributed by atoms with Crippen molar-refractivity contribution in [1.82, 2.24) is 5.32 Å². The topological polar surface area (TPSA) is 66.5 Å². The van der Waals surface area contributed by atoms with Crippen LogP contribution in [0.15, 0.2) is 66.7 Å². The van der Waals surface area contributed by atoms with Crippen molar-refractivity contribution in [2.75, 3.05) is 17.1 Å². The molecule has 0 radical (unpaired) electrons. The monoisotopic (exact) mass is 544 g/mol. The number of halogens is 5. The Hall–Kier alpha value is -2.75. The van der Waals surface area contributed by atoms with E-state index in [1.807, 2.05) is 12.1 Å². The van der Waals surface area contributed by atoms with Crippen molar-refractivity contribution in [3.8, 4) is 0 Å². The average molecular weight is 545 g/mol. The van der Waals surface area contributed by atoms with E-state index in [9.17, 15) is 26.4 Å². The third-order valence-electron chi connectivity index (χ3n) is 5.10. The molecule has 35 heavy (non-hydrogen) atoms. The third kappa shape index (κ3) is 7.37. The first-order valence-electron chi connectivity index (χ1n) is 10.3. The number of benzene rings is 3. The summed E-state index contributed by atoms with van der Waals surface area (Å²) in [4.78, 5) is 12.4. The lowest BCUT2D eigenvalue weighted by Crippen LogP contribution is -2.29. The molecule has 0 atom stereocenters. The van der Waals surface area contributed by atoms with Gasteiger partial charge in [-0.3, -0.25) is 9.10 Å². The normalized spacial score (nSPS) is 11.8. The molecule has 0 aromatic heterocycles. The summed E-state index contributed by atoms with van der Waals surface area (Å²) >= 11 is 11.5. The Bertz CT molecular complexity index is 1300. The van der Waals surface area contributed by atoms with E-state index in [-0.39, 0.29) is 18.1 Å². The fourth-order valence-electron chi connectivity index (χ4n) is 3.29. The number of nitrogens with zero attached hydrogens (tertiary/aromatic N) is 1. The number of sulfonamides is 1. The summed E-state index contributed by atoms with van der Waals surface area (Å²) in [5.74, 6) is -0.307. The Balaban J connectivity index is 1.70. The highest BCUT2D eigenvalue weighted by atomic mass is 35.5. The predicted octanol–water partition coefficient (Wildman–Crippen LogP) is 5.95. The van der Waals surface area contributed by atoms with Crippen molar-refractivity contribution < 1.29 is 26.4 Å². The summed E-state index contributed by atoms with van der Waals surface area (Å²) in [6, 6.07) is 16.3. The van der Waals surface area contributed by atoms with Crippen molar-refractivity contribution in [3.63, 3.8) is 0 Å². The summed E-state index contributed by atoms with van der Waals surface area (Å²) in [6.07, 6.45) is -3.22. The van der Waals surface area contributed by atoms with E-state index in [0.717, 1.165) is 22.2 Å². The van der Waals surface area contributed by atoms with E-state index in [1.165, 1.54) is 18.2 Å². The van der Waals surface area contributed by atoms with Gasteiger partial charge < -0.3 is 5.32 Å². The molecule has 1 amide bonds. The quantitative estimate of drug-likeness (QED) is 0.381. The lowest BCUT2D eigenvalue weighted by atomic mass is 10.1. The van der Waals surface area contributed by atoms with Gasteiger partial charge in [-0.15, -0.1) is 0 Å². The molecule has 0 heterocycles. The fourth-order valence-corrected chi connectivity index (χ4v) is 4.52. The van der Waals surface area contributed by atoms with Crippen molar-refractivity contribution >= 4 is 44.8 Å². The third-order valence-corrected chi connectivity index (χ3v) is 6.82. The molecular weight excluding hydrogens is 524 g/mol. The first-order valence-corrected chi connectivity index (χ1v) is 12.9. The standard InChI is InChI=1S/C24H21Cl2F3N2O3S/c1-35(33,34)31(20-10-11-22(26)21(14-20)24(27,28)29)15-17-2-6-18(7-3-17)23(32)30-13-12-16-4-8-19(25)9-5-16/h2-11,14H,12-13,15H2,1H3,(H,30,32). The molecule has 5 nitrogen and oxygen atoms in total. The summed E-state index contributed by atoms with van der Waals surface area (Å²) in [5, 5.41) is 2.90. The largest absolute Gasteiger partial charge is 0.417 e. The van der Waals surface area contributed by atoms with Gasteiger partial charge in [0.2, 0.25) is 10.0 Å². The zero-order valence-corrected chi connectivity index (χ0v) is 20.8. The van der Waals surface area contributed by atoms with Gasteiger partial charge in [0, 0.05) is 17.1 Å². The molecule has 0 unspecified atom stereocenters. The van der Waals surface area contributed by atoms with E-state index in [2.05, 4.69) is 5.32 Å². The van der Waals surface area contributed by atoms with Crippen LogP contribution in [0.3, 0.4) is 0 Å². The van der Waals surface area contributed by atoms with Crippen LogP contribution in [0.2, 0.25) is 10.0 Å². The highest BCUT2D eigenvalue weighted by Gasteiger charge is 2.34. The van der Waals surface area contributed by atoms with Gasteiger partial charge in [-0.2, -0.15) is 13.2 Å². The van der Waals surface area contributed by atoms with Gasteiger partial charge in [0.25, 0.3) is 5.91 Å². The number of carbonyl (C=O) groups is 1. The molecule has 0 fully saturated rings. The molecule has 3 aromatic carbocycles. The molecule has 0 saturated carbocycles. The summed E-state index contributed by atoms with van der Waals surface area (Å²) in [5.41, 5.74) is 0.559. The van der Waals surface area contributed by atoms with E-state index < -0.39 is 26.8 Å². The van der Waals surface area contributed by atoms with Gasteiger partial charge in [0.15, 0.2) is 0 Å². The molecule has 0 aliphatic heterocycles. The van der Waals surface area contributed by atoms with E-state index in [4.69, 9.17) is 23.2 Å². The second-order valence-electron chi connectivity index (χ2n) is 7.76. The Kier molecular flexibility index (Phi) is 8.35. The van der Waals surface area contributed by atoms with Crippen LogP contribution in [0.5, 0.6) is 0 Å². The summed E-state index contributed by atoms with van der Waals surface area (Å²) in [7, 11) is -3.92. The van der Waals surface area contributed by atoms with E-state index in [1.54, 1.807) is 24.3 Å². The minimum absolute atomic E-state index is 0.173. The zero-order chi connectivity index (χ0) is 25.8. The van der Waals surface area contributed by atoms with Crippen LogP contribution in [0.1, 0.15) is 27.0 Å². The number of rotatable bonds is 8. The van der Waals surface area contributed by atoms with Gasteiger partial charge in [0.05, 0.1) is 29.1 Å². The molecule has 3 rings (SSSR count). The van der Waals surface area contributed by atoms with Crippen LogP contribution < -0.4 is 9.62 Å². The first-order chi connectivity index (χ1) is 16.3. The Morgan fingerprint density at radius 2 is 1.54 bits per heavy atom. The molecule has 1 N–H and O–H groups in total. The van der Waals surface area contributed by atoms with Gasteiger partial charge in [-0.1, -0.05) is 47.5 Å². The molecule has 0 aliphatic carbocycles. The molecule has 0 spiro atoms. The predicted molar refractivity (Wildman–Crippen MR) is 131 cm³/mol. The van der Waals surface area contributed by atoms with Gasteiger partial charge in [0.1, 0.15) is 0 Å². The molecule has 0 aliphatic rings. The molecule has 0 saturated heterocycles. The smallest absolute Gasteiger partial charge is 0.352 e. The van der Waals surface area contributed by atoms with Crippen LogP contribution in [-0.2, 0) is 29.2 Å². The lowest BCUT2D eigenvalue weighted by Gasteiger charge is -2.24. The Morgan fingerprint density at radius 1 is 0.943 bits per heavy atom. The fraction of sp³-hybridized carbons (Fsp3) is 0.208. The number of amides is 1. The molecule has 186 valence electrons. The Labute approximate surface area is 211 Å². The maximum absolute atomic E-state index is 13.2. The maximum Gasteiger partial charge on any atom is 0.417 e. The average Bonchev–Trinajstić information content (AvgIpc) is 2.78. The molecule has 0 bridgehead atoms. The number of nitrogens with one attached hydrogen (secondary N) is 1. The Morgan fingerprint density at radius 3 is 2.11 bits per heavy atom. The van der Waals surface area contributed by atoms with Crippen LogP contribution in [0.25, 0.3) is 0 Å². The van der Waals surface area contributed by atoms with Crippen molar-refractivity contribution in [1.29, 1.82) is 0 Å². The summed E-state index contributed by atoms with van der Waals surface area (Å²) < 4.78 is 65.3. The van der Waals surface area contributed by atoms with Gasteiger partial charge in [-0.05, 0) is 60.0 Å². The number of anilines is 1. The van der Waals surface area contributed by atoms with E-state index >= 15 is 0 Å². The van der Waals surface area contributed by atoms with Crippen molar-refractivity contribution in [2.45, 2.75) is 19.1 Å². The van der Waals surface area contributed by atoms with Crippen molar-refractivity contribution in [3.05, 3.63) is 99.0 Å². The summed E-state index contributed by atoms with van der Waals surface area (Å²) in [6.45, 7) is 0.179. The number of hydrogen-bond acceptors (Lipinski definition) is 3. The maximum atomic E-state index is 13.2.